The second-order valence-corrected chi connectivity index (χ2v) is 7.00. The van der Waals surface area contributed by atoms with Crippen LogP contribution in [0.15, 0.2) is 29.5 Å². The maximum absolute atomic E-state index is 13.3. The SMILES string of the molecule is CCNC(=NCc1nncn1CC)NCC(C)(C)c1ccc(F)cc1Cl. The van der Waals surface area contributed by atoms with Crippen molar-refractivity contribution in [1.29, 1.82) is 0 Å². The van der Waals surface area contributed by atoms with Gasteiger partial charge in [-0.2, -0.15) is 0 Å². The molecule has 2 rings (SSSR count). The monoisotopic (exact) mass is 380 g/mol. The predicted molar refractivity (Wildman–Crippen MR) is 103 cm³/mol. The Hall–Kier alpha value is -2.15. The molecule has 1 aromatic heterocycles. The van der Waals surface area contributed by atoms with Crippen LogP contribution < -0.4 is 10.6 Å². The van der Waals surface area contributed by atoms with Gasteiger partial charge >= 0.3 is 0 Å². The molecule has 0 amide bonds. The number of aryl methyl sites for hydroxylation is 1. The second kappa shape index (κ2) is 8.98. The minimum absolute atomic E-state index is 0.301. The van der Waals surface area contributed by atoms with E-state index in [0.29, 0.717) is 24.1 Å². The lowest BCUT2D eigenvalue weighted by Gasteiger charge is -2.27. The molecule has 0 aliphatic heterocycles. The van der Waals surface area contributed by atoms with Crippen molar-refractivity contribution in [2.24, 2.45) is 4.99 Å². The highest BCUT2D eigenvalue weighted by Crippen LogP contribution is 2.29. The van der Waals surface area contributed by atoms with Crippen LogP contribution in [-0.2, 0) is 18.5 Å². The Morgan fingerprint density at radius 3 is 2.73 bits per heavy atom. The maximum atomic E-state index is 13.3. The van der Waals surface area contributed by atoms with Crippen molar-refractivity contribution >= 4 is 17.6 Å². The first kappa shape index (κ1) is 20.2. The van der Waals surface area contributed by atoms with Gasteiger partial charge in [0.05, 0.1) is 0 Å². The number of benzene rings is 1. The van der Waals surface area contributed by atoms with Crippen LogP contribution in [0.3, 0.4) is 0 Å². The highest BCUT2D eigenvalue weighted by atomic mass is 35.5. The topological polar surface area (TPSA) is 67.1 Å². The van der Waals surface area contributed by atoms with Crippen molar-refractivity contribution in [3.05, 3.63) is 46.8 Å². The second-order valence-electron chi connectivity index (χ2n) is 6.59. The molecule has 0 radical (unpaired) electrons. The third kappa shape index (κ3) is 5.17. The van der Waals surface area contributed by atoms with E-state index in [1.165, 1.54) is 12.1 Å². The Kier molecular flexibility index (Phi) is 6.97. The molecule has 0 fully saturated rings. The Morgan fingerprint density at radius 2 is 2.08 bits per heavy atom. The zero-order valence-corrected chi connectivity index (χ0v) is 16.4. The molecular formula is C18H26ClFN6. The van der Waals surface area contributed by atoms with E-state index in [1.807, 2.05) is 18.4 Å². The number of rotatable bonds is 7. The molecule has 0 unspecified atom stereocenters. The van der Waals surface area contributed by atoms with E-state index in [2.05, 4.69) is 39.7 Å². The minimum atomic E-state index is -0.336. The van der Waals surface area contributed by atoms with E-state index in [1.54, 1.807) is 12.4 Å². The zero-order valence-electron chi connectivity index (χ0n) is 15.7. The van der Waals surface area contributed by atoms with E-state index >= 15 is 0 Å². The average molecular weight is 381 g/mol. The fourth-order valence-corrected chi connectivity index (χ4v) is 3.02. The third-order valence-electron chi connectivity index (χ3n) is 4.12. The summed E-state index contributed by atoms with van der Waals surface area (Å²) in [6.07, 6.45) is 1.70. The van der Waals surface area contributed by atoms with E-state index < -0.39 is 0 Å². The summed E-state index contributed by atoms with van der Waals surface area (Å²) in [5.41, 5.74) is 0.583. The Balaban J connectivity index is 2.08. The summed E-state index contributed by atoms with van der Waals surface area (Å²) >= 11 is 6.22. The number of halogens is 2. The number of aliphatic imine (C=N–C) groups is 1. The summed E-state index contributed by atoms with van der Waals surface area (Å²) < 4.78 is 15.3. The lowest BCUT2D eigenvalue weighted by molar-refractivity contribution is 0.507. The summed E-state index contributed by atoms with van der Waals surface area (Å²) in [6, 6.07) is 4.50. The standard InChI is InChI=1S/C18H26ClFN6/c1-5-21-17(22-10-16-25-24-12-26(16)6-2)23-11-18(3,4)14-8-7-13(20)9-15(14)19/h7-9,12H,5-6,10-11H2,1-4H3,(H2,21,22,23). The van der Waals surface area contributed by atoms with Gasteiger partial charge in [0.1, 0.15) is 18.7 Å². The molecule has 1 aromatic carbocycles. The van der Waals surface area contributed by atoms with Crippen LogP contribution >= 0.6 is 11.6 Å². The third-order valence-corrected chi connectivity index (χ3v) is 4.43. The van der Waals surface area contributed by atoms with Gasteiger partial charge in [0.15, 0.2) is 11.8 Å². The van der Waals surface area contributed by atoms with Gasteiger partial charge in [0, 0.05) is 30.1 Å². The van der Waals surface area contributed by atoms with Gasteiger partial charge in [-0.3, -0.25) is 0 Å². The van der Waals surface area contributed by atoms with E-state index in [4.69, 9.17) is 11.6 Å². The van der Waals surface area contributed by atoms with Crippen molar-refractivity contribution < 1.29 is 4.39 Å². The zero-order chi connectivity index (χ0) is 19.2. The average Bonchev–Trinajstić information content (AvgIpc) is 3.04. The van der Waals surface area contributed by atoms with Crippen molar-refractivity contribution in [2.75, 3.05) is 13.1 Å². The quantitative estimate of drug-likeness (QED) is 0.572. The smallest absolute Gasteiger partial charge is 0.191 e. The number of aromatic nitrogens is 3. The molecule has 0 saturated carbocycles. The van der Waals surface area contributed by atoms with Crippen LogP contribution in [0.1, 0.15) is 39.1 Å². The fraction of sp³-hybridized carbons (Fsp3) is 0.500. The lowest BCUT2D eigenvalue weighted by Crippen LogP contribution is -2.43. The summed E-state index contributed by atoms with van der Waals surface area (Å²) in [7, 11) is 0. The predicted octanol–water partition coefficient (Wildman–Crippen LogP) is 3.12. The molecule has 0 spiro atoms. The van der Waals surface area contributed by atoms with Crippen LogP contribution in [0.5, 0.6) is 0 Å². The molecule has 2 aromatic rings. The van der Waals surface area contributed by atoms with E-state index in [0.717, 1.165) is 24.5 Å². The summed E-state index contributed by atoms with van der Waals surface area (Å²) in [4.78, 5) is 4.58. The van der Waals surface area contributed by atoms with Crippen molar-refractivity contribution in [3.63, 3.8) is 0 Å². The lowest BCUT2D eigenvalue weighted by atomic mass is 9.84. The van der Waals surface area contributed by atoms with Crippen LogP contribution in [-0.4, -0.2) is 33.8 Å². The molecule has 0 aliphatic rings. The molecule has 0 bridgehead atoms. The van der Waals surface area contributed by atoms with Crippen LogP contribution in [0.4, 0.5) is 4.39 Å². The van der Waals surface area contributed by atoms with Gasteiger partial charge in [0.2, 0.25) is 0 Å². The van der Waals surface area contributed by atoms with Gasteiger partial charge in [-0.05, 0) is 31.5 Å². The number of guanidine groups is 1. The highest BCUT2D eigenvalue weighted by Gasteiger charge is 2.24. The largest absolute Gasteiger partial charge is 0.357 e. The first-order chi connectivity index (χ1) is 12.4. The molecule has 6 nitrogen and oxygen atoms in total. The Labute approximate surface area is 158 Å². The van der Waals surface area contributed by atoms with Crippen molar-refractivity contribution in [2.45, 2.75) is 46.2 Å². The summed E-state index contributed by atoms with van der Waals surface area (Å²) in [5.74, 6) is 1.16. The Bertz CT molecular complexity index is 756. The highest BCUT2D eigenvalue weighted by molar-refractivity contribution is 6.31. The van der Waals surface area contributed by atoms with Crippen LogP contribution in [0.2, 0.25) is 5.02 Å². The van der Waals surface area contributed by atoms with Gasteiger partial charge in [0.25, 0.3) is 0 Å². The summed E-state index contributed by atoms with van der Waals surface area (Å²) in [6.45, 7) is 10.7. The molecule has 0 saturated heterocycles. The molecule has 8 heteroatoms. The maximum Gasteiger partial charge on any atom is 0.191 e. The number of nitrogens with one attached hydrogen (secondary N) is 2. The van der Waals surface area contributed by atoms with Gasteiger partial charge in [-0.15, -0.1) is 10.2 Å². The molecule has 1 heterocycles. The van der Waals surface area contributed by atoms with Gasteiger partial charge in [-0.1, -0.05) is 31.5 Å². The molecule has 142 valence electrons. The molecule has 0 atom stereocenters. The van der Waals surface area contributed by atoms with Gasteiger partial charge in [-0.25, -0.2) is 9.38 Å². The van der Waals surface area contributed by atoms with Crippen molar-refractivity contribution in [3.8, 4) is 0 Å². The number of hydrogen-bond donors (Lipinski definition) is 2. The first-order valence-electron chi connectivity index (χ1n) is 8.71. The molecular weight excluding hydrogens is 355 g/mol. The van der Waals surface area contributed by atoms with Crippen LogP contribution in [0.25, 0.3) is 0 Å². The first-order valence-corrected chi connectivity index (χ1v) is 9.09. The molecule has 2 N–H and O–H groups in total. The van der Waals surface area contributed by atoms with Crippen LogP contribution in [0, 0.1) is 5.82 Å². The van der Waals surface area contributed by atoms with E-state index in [-0.39, 0.29) is 11.2 Å². The fourth-order valence-electron chi connectivity index (χ4n) is 2.60. The van der Waals surface area contributed by atoms with Crippen molar-refractivity contribution in [1.82, 2.24) is 25.4 Å². The normalized spacial score (nSPS) is 12.3. The van der Waals surface area contributed by atoms with E-state index in [9.17, 15) is 4.39 Å². The summed E-state index contributed by atoms with van der Waals surface area (Å²) in [5, 5.41) is 15.0. The number of hydrogen-bond acceptors (Lipinski definition) is 3. The molecule has 26 heavy (non-hydrogen) atoms. The van der Waals surface area contributed by atoms with Gasteiger partial charge < -0.3 is 15.2 Å². The molecule has 0 aliphatic carbocycles. The minimum Gasteiger partial charge on any atom is -0.357 e. The Morgan fingerprint density at radius 1 is 1.31 bits per heavy atom. The number of nitrogens with zero attached hydrogens (tertiary/aromatic N) is 4.